The summed E-state index contributed by atoms with van der Waals surface area (Å²) in [6.45, 7) is 2.24. The minimum Gasteiger partial charge on any atom is -0.496 e. The molecule has 2 rings (SSSR count). The Balaban J connectivity index is 2.18. The number of ether oxygens (including phenoxy) is 4. The Kier molecular flexibility index (Phi) is 6.11. The number of benzene rings is 2. The lowest BCUT2D eigenvalue weighted by molar-refractivity contribution is 0.0947. The van der Waals surface area contributed by atoms with Gasteiger partial charge in [-0.3, -0.25) is 4.79 Å². The van der Waals surface area contributed by atoms with Crippen LogP contribution in [0.1, 0.15) is 21.5 Å². The minimum absolute atomic E-state index is 0.245. The number of aryl methyl sites for hydroxylation is 1. The summed E-state index contributed by atoms with van der Waals surface area (Å²) in [6.07, 6.45) is 0. The third kappa shape index (κ3) is 4.15. The van der Waals surface area contributed by atoms with Crippen LogP contribution in [0.2, 0.25) is 0 Å². The molecule has 0 saturated carbocycles. The Bertz CT molecular complexity index is 758. The number of hydrogen-bond donors (Lipinski definition) is 1. The first-order valence-electron chi connectivity index (χ1n) is 7.75. The van der Waals surface area contributed by atoms with Gasteiger partial charge in [0.2, 0.25) is 0 Å². The van der Waals surface area contributed by atoms with E-state index in [1.807, 2.05) is 19.1 Å². The number of hydrogen-bond acceptors (Lipinski definition) is 5. The molecule has 25 heavy (non-hydrogen) atoms. The van der Waals surface area contributed by atoms with Crippen molar-refractivity contribution < 1.29 is 23.7 Å². The highest BCUT2D eigenvalue weighted by atomic mass is 16.5. The van der Waals surface area contributed by atoms with Crippen LogP contribution in [0.15, 0.2) is 30.3 Å². The maximum Gasteiger partial charge on any atom is 0.255 e. The first-order chi connectivity index (χ1) is 12.0. The van der Waals surface area contributed by atoms with Gasteiger partial charge in [0.1, 0.15) is 11.5 Å². The zero-order valence-corrected chi connectivity index (χ0v) is 15.1. The Morgan fingerprint density at radius 2 is 1.48 bits per heavy atom. The highest BCUT2D eigenvalue weighted by Crippen LogP contribution is 2.29. The van der Waals surface area contributed by atoms with Gasteiger partial charge in [-0.05, 0) is 42.3 Å². The highest BCUT2D eigenvalue weighted by Gasteiger charge is 2.16. The van der Waals surface area contributed by atoms with Crippen LogP contribution in [0.4, 0.5) is 0 Å². The maximum atomic E-state index is 12.6. The van der Waals surface area contributed by atoms with E-state index in [9.17, 15) is 4.79 Å². The van der Waals surface area contributed by atoms with E-state index >= 15 is 0 Å². The molecule has 0 radical (unpaired) electrons. The standard InChI is InChI=1S/C19H23NO5/c1-12-8-17(24-4)14(10-16(12)23-3)19(21)20-11-13-6-7-15(22-2)18(9-13)25-5/h6-10H,11H2,1-5H3,(H,20,21). The normalized spacial score (nSPS) is 10.1. The molecule has 0 heterocycles. The fraction of sp³-hybridized carbons (Fsp3) is 0.316. The summed E-state index contributed by atoms with van der Waals surface area (Å²) < 4.78 is 21.1. The fourth-order valence-electron chi connectivity index (χ4n) is 2.50. The molecule has 0 spiro atoms. The van der Waals surface area contributed by atoms with Crippen molar-refractivity contribution in [2.45, 2.75) is 13.5 Å². The van der Waals surface area contributed by atoms with Gasteiger partial charge in [0.05, 0.1) is 34.0 Å². The van der Waals surface area contributed by atoms with Crippen molar-refractivity contribution in [3.05, 3.63) is 47.0 Å². The average Bonchev–Trinajstić information content (AvgIpc) is 2.65. The van der Waals surface area contributed by atoms with E-state index in [1.54, 1.807) is 39.5 Å². The summed E-state index contributed by atoms with van der Waals surface area (Å²) in [6, 6.07) is 8.96. The van der Waals surface area contributed by atoms with Crippen molar-refractivity contribution in [3.8, 4) is 23.0 Å². The van der Waals surface area contributed by atoms with Crippen LogP contribution in [0.3, 0.4) is 0 Å². The smallest absolute Gasteiger partial charge is 0.255 e. The Morgan fingerprint density at radius 3 is 2.08 bits per heavy atom. The highest BCUT2D eigenvalue weighted by molar-refractivity contribution is 5.97. The molecular formula is C19H23NO5. The number of nitrogens with one attached hydrogen (secondary N) is 1. The van der Waals surface area contributed by atoms with E-state index in [1.165, 1.54) is 7.11 Å². The van der Waals surface area contributed by atoms with Gasteiger partial charge in [0.25, 0.3) is 5.91 Å². The van der Waals surface area contributed by atoms with Gasteiger partial charge in [0.15, 0.2) is 11.5 Å². The molecule has 134 valence electrons. The molecule has 0 aliphatic heterocycles. The molecule has 0 fully saturated rings. The molecular weight excluding hydrogens is 322 g/mol. The monoisotopic (exact) mass is 345 g/mol. The molecule has 0 atom stereocenters. The molecule has 2 aromatic carbocycles. The van der Waals surface area contributed by atoms with Gasteiger partial charge in [-0.15, -0.1) is 0 Å². The molecule has 0 saturated heterocycles. The second-order valence-corrected chi connectivity index (χ2v) is 5.39. The van der Waals surface area contributed by atoms with E-state index in [2.05, 4.69) is 5.32 Å². The van der Waals surface area contributed by atoms with Gasteiger partial charge in [-0.1, -0.05) is 6.07 Å². The lowest BCUT2D eigenvalue weighted by atomic mass is 10.1. The topological polar surface area (TPSA) is 66.0 Å². The van der Waals surface area contributed by atoms with Crippen LogP contribution in [-0.4, -0.2) is 34.3 Å². The SMILES string of the molecule is COc1cc(C(=O)NCc2ccc(OC)c(OC)c2)c(OC)cc1C. The zero-order valence-electron chi connectivity index (χ0n) is 15.1. The van der Waals surface area contributed by atoms with E-state index in [0.29, 0.717) is 35.1 Å². The number of amides is 1. The van der Waals surface area contributed by atoms with Gasteiger partial charge in [-0.25, -0.2) is 0 Å². The molecule has 0 unspecified atom stereocenters. The van der Waals surface area contributed by atoms with Crippen molar-refractivity contribution in [1.29, 1.82) is 0 Å². The summed E-state index contributed by atoms with van der Waals surface area (Å²) in [4.78, 5) is 12.6. The maximum absolute atomic E-state index is 12.6. The summed E-state index contributed by atoms with van der Waals surface area (Å²) in [5, 5.41) is 2.88. The van der Waals surface area contributed by atoms with Gasteiger partial charge < -0.3 is 24.3 Å². The Hall–Kier alpha value is -2.89. The van der Waals surface area contributed by atoms with Crippen LogP contribution in [0, 0.1) is 6.92 Å². The Labute approximate surface area is 147 Å². The van der Waals surface area contributed by atoms with Crippen LogP contribution >= 0.6 is 0 Å². The number of rotatable bonds is 7. The third-order valence-electron chi connectivity index (χ3n) is 3.86. The molecule has 0 aromatic heterocycles. The van der Waals surface area contributed by atoms with Crippen LogP contribution in [-0.2, 0) is 6.54 Å². The molecule has 2 aromatic rings. The van der Waals surface area contributed by atoms with Crippen molar-refractivity contribution in [1.82, 2.24) is 5.32 Å². The fourth-order valence-corrected chi connectivity index (χ4v) is 2.50. The zero-order chi connectivity index (χ0) is 18.4. The van der Waals surface area contributed by atoms with E-state index < -0.39 is 0 Å². The average molecular weight is 345 g/mol. The molecule has 6 nitrogen and oxygen atoms in total. The van der Waals surface area contributed by atoms with Crippen LogP contribution in [0.25, 0.3) is 0 Å². The minimum atomic E-state index is -0.245. The number of methoxy groups -OCH3 is 4. The van der Waals surface area contributed by atoms with Crippen molar-refractivity contribution in [3.63, 3.8) is 0 Å². The lowest BCUT2D eigenvalue weighted by Gasteiger charge is -2.14. The summed E-state index contributed by atoms with van der Waals surface area (Å²) >= 11 is 0. The van der Waals surface area contributed by atoms with Gasteiger partial charge in [0, 0.05) is 6.54 Å². The molecule has 6 heteroatoms. The first kappa shape index (κ1) is 18.4. The number of carbonyl (C=O) groups excluding carboxylic acids is 1. The largest absolute Gasteiger partial charge is 0.496 e. The number of carbonyl (C=O) groups is 1. The molecule has 0 aliphatic carbocycles. The van der Waals surface area contributed by atoms with Crippen LogP contribution < -0.4 is 24.3 Å². The lowest BCUT2D eigenvalue weighted by Crippen LogP contribution is -2.23. The summed E-state index contributed by atoms with van der Waals surface area (Å²) in [5.41, 5.74) is 2.21. The summed E-state index contributed by atoms with van der Waals surface area (Å²) in [5.74, 6) is 2.15. The van der Waals surface area contributed by atoms with Gasteiger partial charge >= 0.3 is 0 Å². The van der Waals surface area contributed by atoms with Gasteiger partial charge in [-0.2, -0.15) is 0 Å². The second-order valence-electron chi connectivity index (χ2n) is 5.39. The second kappa shape index (κ2) is 8.28. The third-order valence-corrected chi connectivity index (χ3v) is 3.86. The van der Waals surface area contributed by atoms with Crippen molar-refractivity contribution >= 4 is 5.91 Å². The van der Waals surface area contributed by atoms with Crippen molar-refractivity contribution in [2.75, 3.05) is 28.4 Å². The summed E-state index contributed by atoms with van der Waals surface area (Å²) in [7, 11) is 6.26. The predicted molar refractivity (Wildman–Crippen MR) is 95.0 cm³/mol. The van der Waals surface area contributed by atoms with E-state index in [4.69, 9.17) is 18.9 Å². The van der Waals surface area contributed by atoms with E-state index in [0.717, 1.165) is 11.1 Å². The Morgan fingerprint density at radius 1 is 0.840 bits per heavy atom. The predicted octanol–water partition coefficient (Wildman–Crippen LogP) is 2.96. The first-order valence-corrected chi connectivity index (χ1v) is 7.75. The molecule has 0 aliphatic rings. The molecule has 0 bridgehead atoms. The molecule has 1 amide bonds. The van der Waals surface area contributed by atoms with Crippen molar-refractivity contribution in [2.24, 2.45) is 0 Å². The molecule has 1 N–H and O–H groups in total. The van der Waals surface area contributed by atoms with Crippen LogP contribution in [0.5, 0.6) is 23.0 Å². The quantitative estimate of drug-likeness (QED) is 0.836. The van der Waals surface area contributed by atoms with E-state index in [-0.39, 0.29) is 5.91 Å².